The summed E-state index contributed by atoms with van der Waals surface area (Å²) in [6, 6.07) is 6.04. The van der Waals surface area contributed by atoms with E-state index in [-0.39, 0.29) is 5.78 Å². The largest absolute Gasteiger partial charge is 0.294 e. The summed E-state index contributed by atoms with van der Waals surface area (Å²) in [5, 5.41) is 0. The Hall–Kier alpha value is -0.630. The Bertz CT molecular complexity index is 356. The number of carbonyl (C=O) groups excluding carboxylic acids is 1. The fourth-order valence-electron chi connectivity index (χ4n) is 1.48. The third-order valence-corrected chi connectivity index (χ3v) is 3.13. The highest BCUT2D eigenvalue weighted by Crippen LogP contribution is 2.24. The minimum absolute atomic E-state index is 0.229. The number of halogens is 1. The Morgan fingerprint density at radius 3 is 2.60 bits per heavy atom. The van der Waals surface area contributed by atoms with Crippen LogP contribution < -0.4 is 0 Å². The van der Waals surface area contributed by atoms with Crippen LogP contribution in [0.4, 0.5) is 0 Å². The quantitative estimate of drug-likeness (QED) is 0.732. The third-order valence-electron chi connectivity index (χ3n) is 2.43. The Labute approximate surface area is 100 Å². The van der Waals surface area contributed by atoms with Crippen LogP contribution >= 0.6 is 15.9 Å². The van der Waals surface area contributed by atoms with Gasteiger partial charge in [-0.1, -0.05) is 42.8 Å². The molecule has 0 unspecified atom stereocenters. The molecule has 0 heterocycles. The summed E-state index contributed by atoms with van der Waals surface area (Å²) in [6.45, 7) is 6.30. The lowest BCUT2D eigenvalue weighted by Gasteiger charge is -2.09. The van der Waals surface area contributed by atoms with Gasteiger partial charge in [-0.15, -0.1) is 0 Å². The van der Waals surface area contributed by atoms with Crippen molar-refractivity contribution in [3.63, 3.8) is 0 Å². The molecular weight excluding hydrogens is 252 g/mol. The maximum Gasteiger partial charge on any atom is 0.164 e. The lowest BCUT2D eigenvalue weighted by molar-refractivity contribution is 0.0981. The lowest BCUT2D eigenvalue weighted by Crippen LogP contribution is -2.01. The molecule has 2 heteroatoms. The van der Waals surface area contributed by atoms with Gasteiger partial charge in [-0.3, -0.25) is 4.79 Å². The molecule has 0 saturated heterocycles. The molecule has 1 nitrogen and oxygen atoms in total. The molecule has 0 aliphatic heterocycles. The van der Waals surface area contributed by atoms with E-state index in [0.29, 0.717) is 12.3 Å². The maximum atomic E-state index is 11.8. The standard InChI is InChI=1S/C13H17BrO/c1-4-5-13(15)11-8-10(9(2)3)6-7-12(11)14/h6-9H,4-5H2,1-3H3. The van der Waals surface area contributed by atoms with Crippen LogP contribution in [0.2, 0.25) is 0 Å². The first-order valence-electron chi connectivity index (χ1n) is 5.39. The number of hydrogen-bond donors (Lipinski definition) is 0. The van der Waals surface area contributed by atoms with Gasteiger partial charge in [0.2, 0.25) is 0 Å². The zero-order valence-electron chi connectivity index (χ0n) is 9.51. The van der Waals surface area contributed by atoms with E-state index in [4.69, 9.17) is 0 Å². The first kappa shape index (κ1) is 12.4. The molecule has 82 valence electrons. The first-order chi connectivity index (χ1) is 7.06. The van der Waals surface area contributed by atoms with E-state index in [9.17, 15) is 4.79 Å². The smallest absolute Gasteiger partial charge is 0.164 e. The highest BCUT2D eigenvalue weighted by Gasteiger charge is 2.10. The zero-order valence-corrected chi connectivity index (χ0v) is 11.1. The molecule has 0 amide bonds. The molecule has 0 bridgehead atoms. The van der Waals surface area contributed by atoms with E-state index >= 15 is 0 Å². The molecule has 1 aromatic carbocycles. The highest BCUT2D eigenvalue weighted by molar-refractivity contribution is 9.10. The minimum atomic E-state index is 0.229. The summed E-state index contributed by atoms with van der Waals surface area (Å²) in [4.78, 5) is 11.8. The number of carbonyl (C=O) groups is 1. The average molecular weight is 269 g/mol. The zero-order chi connectivity index (χ0) is 11.4. The molecule has 0 N–H and O–H groups in total. The van der Waals surface area contributed by atoms with E-state index in [1.165, 1.54) is 5.56 Å². The summed E-state index contributed by atoms with van der Waals surface area (Å²) < 4.78 is 0.908. The van der Waals surface area contributed by atoms with Crippen molar-refractivity contribution >= 4 is 21.7 Å². The summed E-state index contributed by atoms with van der Waals surface area (Å²) in [5.74, 6) is 0.693. The summed E-state index contributed by atoms with van der Waals surface area (Å²) >= 11 is 3.43. The molecule has 0 aliphatic rings. The van der Waals surface area contributed by atoms with Crippen molar-refractivity contribution in [1.82, 2.24) is 0 Å². The van der Waals surface area contributed by atoms with Crippen LogP contribution in [-0.2, 0) is 0 Å². The van der Waals surface area contributed by atoms with Gasteiger partial charge < -0.3 is 0 Å². The van der Waals surface area contributed by atoms with E-state index in [1.54, 1.807) is 0 Å². The van der Waals surface area contributed by atoms with Gasteiger partial charge in [0, 0.05) is 16.5 Å². The second-order valence-electron chi connectivity index (χ2n) is 4.07. The van der Waals surface area contributed by atoms with Crippen molar-refractivity contribution in [2.75, 3.05) is 0 Å². The van der Waals surface area contributed by atoms with E-state index in [2.05, 4.69) is 35.8 Å². The molecule has 0 saturated carbocycles. The van der Waals surface area contributed by atoms with Crippen molar-refractivity contribution in [1.29, 1.82) is 0 Å². The van der Waals surface area contributed by atoms with Crippen LogP contribution in [0.25, 0.3) is 0 Å². The topological polar surface area (TPSA) is 17.1 Å². The van der Waals surface area contributed by atoms with Crippen molar-refractivity contribution in [3.05, 3.63) is 33.8 Å². The van der Waals surface area contributed by atoms with E-state index < -0.39 is 0 Å². The van der Waals surface area contributed by atoms with Crippen LogP contribution in [0.3, 0.4) is 0 Å². The van der Waals surface area contributed by atoms with E-state index in [0.717, 1.165) is 16.5 Å². The normalized spacial score (nSPS) is 10.7. The molecule has 0 atom stereocenters. The molecular formula is C13H17BrO. The minimum Gasteiger partial charge on any atom is -0.294 e. The van der Waals surface area contributed by atoms with Crippen LogP contribution in [-0.4, -0.2) is 5.78 Å². The molecule has 15 heavy (non-hydrogen) atoms. The van der Waals surface area contributed by atoms with Gasteiger partial charge in [-0.2, -0.15) is 0 Å². The predicted molar refractivity (Wildman–Crippen MR) is 67.5 cm³/mol. The molecule has 0 spiro atoms. The highest BCUT2D eigenvalue weighted by atomic mass is 79.9. The van der Waals surface area contributed by atoms with Gasteiger partial charge in [-0.25, -0.2) is 0 Å². The van der Waals surface area contributed by atoms with Gasteiger partial charge >= 0.3 is 0 Å². The SMILES string of the molecule is CCCC(=O)c1cc(C(C)C)ccc1Br. The lowest BCUT2D eigenvalue weighted by atomic mass is 9.98. The third kappa shape index (κ3) is 3.16. The number of hydrogen-bond acceptors (Lipinski definition) is 1. The maximum absolute atomic E-state index is 11.8. The summed E-state index contributed by atoms with van der Waals surface area (Å²) in [7, 11) is 0. The van der Waals surface area contributed by atoms with Gasteiger partial charge in [0.05, 0.1) is 0 Å². The van der Waals surface area contributed by atoms with Crippen molar-refractivity contribution in [3.8, 4) is 0 Å². The van der Waals surface area contributed by atoms with Gasteiger partial charge in [0.15, 0.2) is 5.78 Å². The Balaban J connectivity index is 3.05. The molecule has 1 aromatic rings. The number of benzene rings is 1. The van der Waals surface area contributed by atoms with Crippen LogP contribution in [0.1, 0.15) is 55.5 Å². The number of rotatable bonds is 4. The van der Waals surface area contributed by atoms with Gasteiger partial charge in [0.1, 0.15) is 0 Å². The van der Waals surface area contributed by atoms with Crippen molar-refractivity contribution < 1.29 is 4.79 Å². The van der Waals surface area contributed by atoms with Crippen molar-refractivity contribution in [2.45, 2.75) is 39.5 Å². The van der Waals surface area contributed by atoms with Gasteiger partial charge in [0.25, 0.3) is 0 Å². The van der Waals surface area contributed by atoms with Gasteiger partial charge in [-0.05, 0) is 30.0 Å². The Kier molecular flexibility index (Phi) is 4.52. The molecule has 0 aliphatic carbocycles. The number of Topliss-reactive ketones (excluding diaryl/α,β-unsaturated/α-hetero) is 1. The number of ketones is 1. The van der Waals surface area contributed by atoms with E-state index in [1.807, 2.05) is 19.1 Å². The van der Waals surface area contributed by atoms with Crippen LogP contribution in [0.15, 0.2) is 22.7 Å². The Morgan fingerprint density at radius 1 is 1.40 bits per heavy atom. The molecule has 0 fully saturated rings. The second kappa shape index (κ2) is 5.45. The molecule has 0 aromatic heterocycles. The summed E-state index contributed by atoms with van der Waals surface area (Å²) in [5.41, 5.74) is 2.04. The van der Waals surface area contributed by atoms with Crippen LogP contribution in [0, 0.1) is 0 Å². The average Bonchev–Trinajstić information content (AvgIpc) is 2.18. The van der Waals surface area contributed by atoms with Crippen molar-refractivity contribution in [2.24, 2.45) is 0 Å². The fourth-order valence-corrected chi connectivity index (χ4v) is 1.95. The monoisotopic (exact) mass is 268 g/mol. The second-order valence-corrected chi connectivity index (χ2v) is 4.92. The molecule has 0 radical (unpaired) electrons. The fraction of sp³-hybridized carbons (Fsp3) is 0.462. The summed E-state index contributed by atoms with van der Waals surface area (Å²) in [6.07, 6.45) is 1.53. The molecule has 1 rings (SSSR count). The Morgan fingerprint density at radius 2 is 2.07 bits per heavy atom. The predicted octanol–water partition coefficient (Wildman–Crippen LogP) is 4.56. The first-order valence-corrected chi connectivity index (χ1v) is 6.18. The van der Waals surface area contributed by atoms with Crippen LogP contribution in [0.5, 0.6) is 0 Å².